The van der Waals surface area contributed by atoms with Crippen LogP contribution in [0, 0.1) is 11.3 Å². The summed E-state index contributed by atoms with van der Waals surface area (Å²) in [4.78, 5) is 31.2. The summed E-state index contributed by atoms with van der Waals surface area (Å²) in [5.41, 5.74) is 1.50. The molecule has 27 heavy (non-hydrogen) atoms. The summed E-state index contributed by atoms with van der Waals surface area (Å²) in [6.07, 6.45) is 5.26. The summed E-state index contributed by atoms with van der Waals surface area (Å²) in [5, 5.41) is 9.71. The van der Waals surface area contributed by atoms with E-state index in [-0.39, 0.29) is 17.4 Å². The van der Waals surface area contributed by atoms with Crippen LogP contribution >= 0.6 is 11.3 Å². The smallest absolute Gasteiger partial charge is 0.303 e. The number of aliphatic carboxylic acids is 1. The molecule has 0 aromatic carbocycles. The molecule has 2 aromatic rings. The van der Waals surface area contributed by atoms with Crippen LogP contribution in [0.5, 0.6) is 0 Å². The maximum atomic E-state index is 13.3. The van der Waals surface area contributed by atoms with Crippen molar-refractivity contribution in [2.24, 2.45) is 11.3 Å². The maximum absolute atomic E-state index is 13.3. The van der Waals surface area contributed by atoms with Crippen molar-refractivity contribution in [3.8, 4) is 0 Å². The van der Waals surface area contributed by atoms with Crippen molar-refractivity contribution in [3.63, 3.8) is 0 Å². The van der Waals surface area contributed by atoms with Gasteiger partial charge in [0, 0.05) is 24.3 Å². The molecule has 0 aliphatic heterocycles. The molecule has 5 nitrogen and oxygen atoms in total. The third-order valence-corrected chi connectivity index (χ3v) is 6.87. The third kappa shape index (κ3) is 4.10. The van der Waals surface area contributed by atoms with Gasteiger partial charge in [0.05, 0.1) is 5.39 Å². The second kappa shape index (κ2) is 7.74. The number of aryl methyl sites for hydroxylation is 2. The van der Waals surface area contributed by atoms with Crippen molar-refractivity contribution in [2.45, 2.75) is 79.2 Å². The first-order valence-electron chi connectivity index (χ1n) is 9.98. The molecule has 0 spiro atoms. The van der Waals surface area contributed by atoms with Gasteiger partial charge in [-0.25, -0.2) is 4.98 Å². The molecule has 1 aliphatic rings. The molecule has 1 unspecified atom stereocenters. The van der Waals surface area contributed by atoms with Gasteiger partial charge in [-0.2, -0.15) is 0 Å². The van der Waals surface area contributed by atoms with Crippen LogP contribution in [-0.2, 0) is 30.6 Å². The van der Waals surface area contributed by atoms with E-state index in [4.69, 9.17) is 10.1 Å². The number of hydrogen-bond acceptors (Lipinski definition) is 4. The van der Waals surface area contributed by atoms with Gasteiger partial charge in [-0.05, 0) is 49.0 Å². The highest BCUT2D eigenvalue weighted by Crippen LogP contribution is 2.42. The van der Waals surface area contributed by atoms with Crippen LogP contribution in [0.25, 0.3) is 10.2 Å². The SMILES string of the molecule is CCCc1nc2sc3c(c2c(=O)n1CCCC(=O)O)CCC(C(C)(C)C)C3. The Morgan fingerprint density at radius 3 is 2.74 bits per heavy atom. The van der Waals surface area contributed by atoms with Gasteiger partial charge in [0.2, 0.25) is 0 Å². The Balaban J connectivity index is 2.04. The number of hydrogen-bond donors (Lipinski definition) is 1. The highest BCUT2D eigenvalue weighted by molar-refractivity contribution is 7.18. The van der Waals surface area contributed by atoms with E-state index < -0.39 is 5.97 Å². The Kier molecular flexibility index (Phi) is 5.75. The summed E-state index contributed by atoms with van der Waals surface area (Å²) in [7, 11) is 0. The summed E-state index contributed by atoms with van der Waals surface area (Å²) in [5.74, 6) is 0.604. The average Bonchev–Trinajstić information content (AvgIpc) is 2.94. The minimum absolute atomic E-state index is 0.0283. The van der Waals surface area contributed by atoms with Gasteiger partial charge >= 0.3 is 5.97 Å². The molecular formula is C21H30N2O3S. The highest BCUT2D eigenvalue weighted by atomic mass is 32.1. The van der Waals surface area contributed by atoms with Crippen LogP contribution < -0.4 is 5.56 Å². The van der Waals surface area contributed by atoms with E-state index >= 15 is 0 Å². The van der Waals surface area contributed by atoms with E-state index in [0.29, 0.717) is 18.9 Å². The zero-order valence-electron chi connectivity index (χ0n) is 16.8. The lowest BCUT2D eigenvalue weighted by atomic mass is 9.72. The fourth-order valence-corrected chi connectivity index (χ4v) is 5.38. The van der Waals surface area contributed by atoms with Crippen molar-refractivity contribution in [1.29, 1.82) is 0 Å². The molecule has 0 saturated carbocycles. The molecule has 2 aromatic heterocycles. The zero-order chi connectivity index (χ0) is 19.8. The van der Waals surface area contributed by atoms with Crippen LogP contribution in [0.3, 0.4) is 0 Å². The van der Waals surface area contributed by atoms with E-state index in [1.165, 1.54) is 10.4 Å². The molecule has 6 heteroatoms. The molecule has 0 radical (unpaired) electrons. The molecule has 1 atom stereocenters. The summed E-state index contributed by atoms with van der Waals surface area (Å²) >= 11 is 1.69. The number of thiophene rings is 1. The Hall–Kier alpha value is -1.69. The summed E-state index contributed by atoms with van der Waals surface area (Å²) < 4.78 is 1.73. The van der Waals surface area contributed by atoms with Crippen molar-refractivity contribution < 1.29 is 9.90 Å². The number of carboxylic acid groups (broad SMARTS) is 1. The fourth-order valence-electron chi connectivity index (χ4n) is 4.07. The number of aromatic nitrogens is 2. The van der Waals surface area contributed by atoms with E-state index in [9.17, 15) is 9.59 Å². The Bertz CT molecular complexity index is 905. The predicted molar refractivity (Wildman–Crippen MR) is 110 cm³/mol. The normalized spacial score (nSPS) is 17.3. The second-order valence-corrected chi connectivity index (χ2v) is 9.81. The third-order valence-electron chi connectivity index (χ3n) is 5.72. The highest BCUT2D eigenvalue weighted by Gasteiger charge is 2.32. The monoisotopic (exact) mass is 390 g/mol. The Morgan fingerprint density at radius 2 is 2.11 bits per heavy atom. The molecule has 2 heterocycles. The number of carboxylic acids is 1. The predicted octanol–water partition coefficient (Wildman–Crippen LogP) is 4.43. The van der Waals surface area contributed by atoms with Crippen LogP contribution in [-0.4, -0.2) is 20.6 Å². The van der Waals surface area contributed by atoms with E-state index in [2.05, 4.69) is 27.7 Å². The Morgan fingerprint density at radius 1 is 1.37 bits per heavy atom. The molecule has 1 N–H and O–H groups in total. The molecule has 1 aliphatic carbocycles. The largest absolute Gasteiger partial charge is 0.481 e. The quantitative estimate of drug-likeness (QED) is 0.792. The molecule has 0 saturated heterocycles. The van der Waals surface area contributed by atoms with Crippen molar-refractivity contribution in [3.05, 3.63) is 26.6 Å². The number of carbonyl (C=O) groups is 1. The minimum Gasteiger partial charge on any atom is -0.481 e. The standard InChI is InChI=1S/C21H30N2O3S/c1-5-7-16-22-19-18(20(26)23(16)11-6-8-17(24)25)14-10-9-13(21(2,3)4)12-15(14)27-19/h13H,5-12H2,1-4H3,(H,24,25). The topological polar surface area (TPSA) is 72.2 Å². The second-order valence-electron chi connectivity index (χ2n) is 8.72. The van der Waals surface area contributed by atoms with Crippen molar-refractivity contribution >= 4 is 27.5 Å². The van der Waals surface area contributed by atoms with Gasteiger partial charge < -0.3 is 5.11 Å². The van der Waals surface area contributed by atoms with Gasteiger partial charge in [0.25, 0.3) is 5.56 Å². The molecule has 3 rings (SSSR count). The number of nitrogens with zero attached hydrogens (tertiary/aromatic N) is 2. The molecule has 0 bridgehead atoms. The summed E-state index contributed by atoms with van der Waals surface area (Å²) in [6.45, 7) is 9.39. The van der Waals surface area contributed by atoms with E-state index in [1.807, 2.05) is 0 Å². The van der Waals surface area contributed by atoms with Crippen molar-refractivity contribution in [1.82, 2.24) is 9.55 Å². The first-order valence-corrected chi connectivity index (χ1v) is 10.8. The van der Waals surface area contributed by atoms with Gasteiger partial charge in [-0.1, -0.05) is 27.7 Å². The maximum Gasteiger partial charge on any atom is 0.303 e. The first-order chi connectivity index (χ1) is 12.7. The van der Waals surface area contributed by atoms with Crippen LogP contribution in [0.15, 0.2) is 4.79 Å². The number of fused-ring (bicyclic) bond motifs is 3. The fraction of sp³-hybridized carbons (Fsp3) is 0.667. The molecule has 0 amide bonds. The van der Waals surface area contributed by atoms with Gasteiger partial charge in [-0.3, -0.25) is 14.2 Å². The molecule has 148 valence electrons. The van der Waals surface area contributed by atoms with Gasteiger partial charge in [0.15, 0.2) is 0 Å². The molecular weight excluding hydrogens is 360 g/mol. The van der Waals surface area contributed by atoms with Gasteiger partial charge in [0.1, 0.15) is 10.7 Å². The number of rotatable bonds is 6. The Labute approximate surface area is 164 Å². The van der Waals surface area contributed by atoms with Gasteiger partial charge in [-0.15, -0.1) is 11.3 Å². The van der Waals surface area contributed by atoms with Crippen LogP contribution in [0.2, 0.25) is 0 Å². The lowest BCUT2D eigenvalue weighted by Gasteiger charge is -2.33. The van der Waals surface area contributed by atoms with Crippen LogP contribution in [0.4, 0.5) is 0 Å². The summed E-state index contributed by atoms with van der Waals surface area (Å²) in [6, 6.07) is 0. The van der Waals surface area contributed by atoms with Crippen LogP contribution in [0.1, 0.15) is 69.6 Å². The van der Waals surface area contributed by atoms with Crippen molar-refractivity contribution in [2.75, 3.05) is 0 Å². The minimum atomic E-state index is -0.824. The zero-order valence-corrected chi connectivity index (χ0v) is 17.6. The molecule has 0 fully saturated rings. The van der Waals surface area contributed by atoms with E-state index in [1.54, 1.807) is 15.9 Å². The first kappa shape index (κ1) is 20.1. The average molecular weight is 391 g/mol. The van der Waals surface area contributed by atoms with E-state index in [0.717, 1.165) is 48.1 Å². The lowest BCUT2D eigenvalue weighted by molar-refractivity contribution is -0.137. The lowest BCUT2D eigenvalue weighted by Crippen LogP contribution is -2.28.